The van der Waals surface area contributed by atoms with Crippen LogP contribution in [0.25, 0.3) is 6.08 Å². The van der Waals surface area contributed by atoms with Crippen molar-refractivity contribution < 1.29 is 24.6 Å². The number of likely N-dealkylation sites (N-methyl/N-ethyl adjacent to an activating group) is 1. The second kappa shape index (κ2) is 7.21. The number of fused-ring (bicyclic) bond motifs is 1. The monoisotopic (exact) mass is 295 g/mol. The van der Waals surface area contributed by atoms with Crippen molar-refractivity contribution in [2.45, 2.75) is 19.6 Å². The molecule has 1 amide bonds. The fourth-order valence-corrected chi connectivity index (χ4v) is 1.84. The predicted molar refractivity (Wildman–Crippen MR) is 78.2 cm³/mol. The smallest absolute Gasteiger partial charge is 0.269 e. The normalized spacial score (nSPS) is 15.0. The van der Waals surface area contributed by atoms with Crippen LogP contribution in [-0.4, -0.2) is 41.9 Å². The first-order chi connectivity index (χ1) is 9.95. The van der Waals surface area contributed by atoms with Gasteiger partial charge in [-0.3, -0.25) is 9.63 Å². The quantitative estimate of drug-likeness (QED) is 0.499. The zero-order chi connectivity index (χ0) is 16.0. The molecule has 21 heavy (non-hydrogen) atoms. The van der Waals surface area contributed by atoms with Crippen molar-refractivity contribution in [3.63, 3.8) is 0 Å². The van der Waals surface area contributed by atoms with Gasteiger partial charge in [0.25, 0.3) is 5.91 Å². The molecule has 0 bridgehead atoms. The molecule has 1 aliphatic heterocycles. The van der Waals surface area contributed by atoms with E-state index in [1.807, 2.05) is 13.8 Å². The van der Waals surface area contributed by atoms with Crippen molar-refractivity contribution in [1.29, 1.82) is 0 Å². The van der Waals surface area contributed by atoms with Gasteiger partial charge in [-0.1, -0.05) is 26.0 Å². The molecule has 6 nitrogen and oxygen atoms in total. The molecule has 116 valence electrons. The third-order valence-corrected chi connectivity index (χ3v) is 2.88. The van der Waals surface area contributed by atoms with E-state index in [9.17, 15) is 15.0 Å². The van der Waals surface area contributed by atoms with Crippen LogP contribution >= 0.6 is 0 Å². The van der Waals surface area contributed by atoms with E-state index in [-0.39, 0.29) is 18.1 Å². The highest BCUT2D eigenvalue weighted by Gasteiger charge is 2.38. The molecule has 0 aliphatic carbocycles. The summed E-state index contributed by atoms with van der Waals surface area (Å²) in [7, 11) is 2.86. The van der Waals surface area contributed by atoms with Gasteiger partial charge in [-0.2, -0.15) is 0 Å². The van der Waals surface area contributed by atoms with E-state index >= 15 is 0 Å². The van der Waals surface area contributed by atoms with Crippen molar-refractivity contribution in [3.8, 4) is 5.75 Å². The SMILES string of the molecule is CC.CON(C)C(=O)/C=C/c1cccc2c1C(O)(O)CO2. The maximum absolute atomic E-state index is 11.6. The van der Waals surface area contributed by atoms with Gasteiger partial charge in [0.15, 0.2) is 0 Å². The first-order valence-electron chi connectivity index (χ1n) is 6.66. The number of rotatable bonds is 3. The summed E-state index contributed by atoms with van der Waals surface area (Å²) in [5.74, 6) is -1.99. The van der Waals surface area contributed by atoms with Gasteiger partial charge in [-0.15, -0.1) is 0 Å². The highest BCUT2D eigenvalue weighted by Crippen LogP contribution is 2.38. The summed E-state index contributed by atoms with van der Waals surface area (Å²) < 4.78 is 5.18. The Labute approximate surface area is 124 Å². The molecule has 0 fully saturated rings. The fraction of sp³-hybridized carbons (Fsp3) is 0.400. The number of carbonyl (C=O) groups excluding carboxylic acids is 1. The lowest BCUT2D eigenvalue weighted by Gasteiger charge is -2.15. The summed E-state index contributed by atoms with van der Waals surface area (Å²) in [6.07, 6.45) is 2.78. The summed E-state index contributed by atoms with van der Waals surface area (Å²) in [6.45, 7) is 3.78. The minimum atomic E-state index is -2.04. The van der Waals surface area contributed by atoms with Gasteiger partial charge in [-0.25, -0.2) is 5.06 Å². The third-order valence-electron chi connectivity index (χ3n) is 2.88. The Kier molecular flexibility index (Phi) is 5.90. The fourth-order valence-electron chi connectivity index (χ4n) is 1.84. The largest absolute Gasteiger partial charge is 0.487 e. The van der Waals surface area contributed by atoms with E-state index in [1.165, 1.54) is 26.3 Å². The molecule has 0 saturated carbocycles. The molecule has 1 aliphatic rings. The third kappa shape index (κ3) is 3.81. The second-order valence-corrected chi connectivity index (χ2v) is 4.18. The van der Waals surface area contributed by atoms with Crippen LogP contribution in [0.4, 0.5) is 0 Å². The summed E-state index contributed by atoms with van der Waals surface area (Å²) >= 11 is 0. The van der Waals surface area contributed by atoms with Crippen molar-refractivity contribution >= 4 is 12.0 Å². The number of amides is 1. The first kappa shape index (κ1) is 17.2. The standard InChI is InChI=1S/C13H15NO5.C2H6/c1-14(18-2)11(15)7-6-9-4-3-5-10-12(9)13(16,17)8-19-10;1-2/h3-7,16-17H,8H2,1-2H3;1-2H3/b7-6+;. The molecular formula is C15H21NO5. The Bertz CT molecular complexity index is 525. The molecule has 0 unspecified atom stereocenters. The van der Waals surface area contributed by atoms with Gasteiger partial charge in [-0.05, 0) is 17.7 Å². The van der Waals surface area contributed by atoms with E-state index in [0.29, 0.717) is 11.3 Å². The molecule has 1 aromatic rings. The van der Waals surface area contributed by atoms with Crippen LogP contribution in [0.5, 0.6) is 5.75 Å². The molecule has 1 aromatic carbocycles. The highest BCUT2D eigenvalue weighted by molar-refractivity contribution is 5.91. The van der Waals surface area contributed by atoms with E-state index in [1.54, 1.807) is 18.2 Å². The molecule has 6 heteroatoms. The number of nitrogens with zero attached hydrogens (tertiary/aromatic N) is 1. The van der Waals surface area contributed by atoms with E-state index < -0.39 is 5.79 Å². The van der Waals surface area contributed by atoms with Crippen LogP contribution < -0.4 is 4.74 Å². The van der Waals surface area contributed by atoms with Crippen LogP contribution in [0, 0.1) is 0 Å². The molecule has 0 aromatic heterocycles. The van der Waals surface area contributed by atoms with Gasteiger partial charge in [0, 0.05) is 13.1 Å². The molecule has 0 atom stereocenters. The Balaban J connectivity index is 0.00000106. The zero-order valence-electron chi connectivity index (χ0n) is 12.7. The summed E-state index contributed by atoms with van der Waals surface area (Å²) in [5, 5.41) is 20.7. The van der Waals surface area contributed by atoms with Crippen LogP contribution in [-0.2, 0) is 15.4 Å². The lowest BCUT2D eigenvalue weighted by molar-refractivity contribution is -0.174. The molecule has 0 radical (unpaired) electrons. The molecule has 2 rings (SSSR count). The van der Waals surface area contributed by atoms with Gasteiger partial charge >= 0.3 is 0 Å². The van der Waals surface area contributed by atoms with Gasteiger partial charge in [0.2, 0.25) is 5.79 Å². The molecular weight excluding hydrogens is 274 g/mol. The number of aliphatic hydroxyl groups is 2. The van der Waals surface area contributed by atoms with Gasteiger partial charge in [0.05, 0.1) is 12.7 Å². The molecule has 1 heterocycles. The second-order valence-electron chi connectivity index (χ2n) is 4.18. The maximum atomic E-state index is 11.6. The topological polar surface area (TPSA) is 79.2 Å². The number of carbonyl (C=O) groups is 1. The Morgan fingerprint density at radius 1 is 1.43 bits per heavy atom. The number of benzene rings is 1. The summed E-state index contributed by atoms with van der Waals surface area (Å²) in [5.41, 5.74) is 0.775. The van der Waals surface area contributed by atoms with Gasteiger partial charge in [0.1, 0.15) is 12.4 Å². The van der Waals surface area contributed by atoms with Gasteiger partial charge < -0.3 is 14.9 Å². The lowest BCUT2D eigenvalue weighted by Crippen LogP contribution is -2.27. The Morgan fingerprint density at radius 3 is 2.71 bits per heavy atom. The Hall–Kier alpha value is -1.89. The van der Waals surface area contributed by atoms with E-state index in [0.717, 1.165) is 5.06 Å². The number of ether oxygens (including phenoxy) is 1. The van der Waals surface area contributed by atoms with Crippen molar-refractivity contribution in [1.82, 2.24) is 5.06 Å². The van der Waals surface area contributed by atoms with Crippen LogP contribution in [0.1, 0.15) is 25.0 Å². The minimum Gasteiger partial charge on any atom is -0.487 e. The number of hydrogen-bond donors (Lipinski definition) is 2. The molecule has 0 spiro atoms. The Morgan fingerprint density at radius 2 is 2.10 bits per heavy atom. The molecule has 0 saturated heterocycles. The zero-order valence-corrected chi connectivity index (χ0v) is 12.7. The lowest BCUT2D eigenvalue weighted by atomic mass is 10.0. The van der Waals surface area contributed by atoms with Crippen molar-refractivity contribution in [2.24, 2.45) is 0 Å². The van der Waals surface area contributed by atoms with E-state index in [4.69, 9.17) is 9.57 Å². The molecule has 2 N–H and O–H groups in total. The number of hydroxylamine groups is 2. The maximum Gasteiger partial charge on any atom is 0.269 e. The minimum absolute atomic E-state index is 0.223. The van der Waals surface area contributed by atoms with Crippen molar-refractivity contribution in [2.75, 3.05) is 20.8 Å². The summed E-state index contributed by atoms with van der Waals surface area (Å²) in [6, 6.07) is 5.03. The number of hydrogen-bond acceptors (Lipinski definition) is 5. The van der Waals surface area contributed by atoms with Crippen molar-refractivity contribution in [3.05, 3.63) is 35.4 Å². The average Bonchev–Trinajstić information content (AvgIpc) is 2.82. The van der Waals surface area contributed by atoms with Crippen LogP contribution in [0.2, 0.25) is 0 Å². The first-order valence-corrected chi connectivity index (χ1v) is 6.66. The average molecular weight is 295 g/mol. The highest BCUT2D eigenvalue weighted by atomic mass is 16.7. The van der Waals surface area contributed by atoms with Crippen LogP contribution in [0.15, 0.2) is 24.3 Å². The van der Waals surface area contributed by atoms with E-state index in [2.05, 4.69) is 0 Å². The summed E-state index contributed by atoms with van der Waals surface area (Å²) in [4.78, 5) is 16.3. The predicted octanol–water partition coefficient (Wildman–Crippen LogP) is 1.28. The van der Waals surface area contributed by atoms with Crippen LogP contribution in [0.3, 0.4) is 0 Å².